The first kappa shape index (κ1) is 13.7. The predicted octanol–water partition coefficient (Wildman–Crippen LogP) is 2.22. The van der Waals surface area contributed by atoms with Crippen LogP contribution in [0.4, 0.5) is 0 Å². The third-order valence-electron chi connectivity index (χ3n) is 4.10. The summed E-state index contributed by atoms with van der Waals surface area (Å²) in [7, 11) is 0. The summed E-state index contributed by atoms with van der Waals surface area (Å²) in [5.41, 5.74) is 0.911. The largest absolute Gasteiger partial charge is 0.490 e. The molecule has 1 fully saturated rings. The van der Waals surface area contributed by atoms with Crippen LogP contribution in [0.1, 0.15) is 31.4 Å². The minimum Gasteiger partial charge on any atom is -0.490 e. The molecule has 4 heteroatoms. The molecule has 2 atom stereocenters. The molecule has 0 amide bonds. The highest BCUT2D eigenvalue weighted by Crippen LogP contribution is 2.32. The molecule has 2 aliphatic heterocycles. The Morgan fingerprint density at radius 3 is 2.85 bits per heavy atom. The molecular weight excluding hydrogens is 254 g/mol. The lowest BCUT2D eigenvalue weighted by atomic mass is 10.1. The number of aliphatic hydroxyl groups excluding tert-OH is 1. The number of hydrogen-bond donors (Lipinski definition) is 1. The Labute approximate surface area is 120 Å². The SMILES string of the molecule is CC1CCN(CC(O)c2ccc3c(c2)OCCCO3)C1. The molecule has 0 radical (unpaired) electrons. The number of rotatable bonds is 3. The topological polar surface area (TPSA) is 41.9 Å². The Kier molecular flexibility index (Phi) is 4.13. The van der Waals surface area contributed by atoms with Gasteiger partial charge >= 0.3 is 0 Å². The van der Waals surface area contributed by atoms with Crippen molar-refractivity contribution in [1.29, 1.82) is 0 Å². The van der Waals surface area contributed by atoms with Gasteiger partial charge in [0.15, 0.2) is 11.5 Å². The van der Waals surface area contributed by atoms with Crippen LogP contribution in [0, 0.1) is 5.92 Å². The maximum absolute atomic E-state index is 10.4. The van der Waals surface area contributed by atoms with E-state index in [2.05, 4.69) is 11.8 Å². The van der Waals surface area contributed by atoms with E-state index in [0.29, 0.717) is 19.8 Å². The molecule has 4 nitrogen and oxygen atoms in total. The van der Waals surface area contributed by atoms with Gasteiger partial charge in [0, 0.05) is 19.5 Å². The predicted molar refractivity (Wildman–Crippen MR) is 77.2 cm³/mol. The molecule has 1 saturated heterocycles. The van der Waals surface area contributed by atoms with E-state index >= 15 is 0 Å². The van der Waals surface area contributed by atoms with Gasteiger partial charge in [0.05, 0.1) is 19.3 Å². The zero-order chi connectivity index (χ0) is 13.9. The maximum atomic E-state index is 10.4. The van der Waals surface area contributed by atoms with Crippen molar-refractivity contribution in [3.63, 3.8) is 0 Å². The average molecular weight is 277 g/mol. The molecule has 0 saturated carbocycles. The van der Waals surface area contributed by atoms with E-state index in [1.165, 1.54) is 6.42 Å². The summed E-state index contributed by atoms with van der Waals surface area (Å²) in [6.45, 7) is 6.51. The zero-order valence-electron chi connectivity index (χ0n) is 12.0. The summed E-state index contributed by atoms with van der Waals surface area (Å²) in [6, 6.07) is 5.77. The van der Waals surface area contributed by atoms with Crippen LogP contribution in [-0.4, -0.2) is 42.9 Å². The Morgan fingerprint density at radius 2 is 2.10 bits per heavy atom. The van der Waals surface area contributed by atoms with Gasteiger partial charge in [-0.15, -0.1) is 0 Å². The van der Waals surface area contributed by atoms with Gasteiger partial charge in [0.1, 0.15) is 0 Å². The van der Waals surface area contributed by atoms with Crippen molar-refractivity contribution < 1.29 is 14.6 Å². The second-order valence-electron chi connectivity index (χ2n) is 5.93. The zero-order valence-corrected chi connectivity index (χ0v) is 12.0. The van der Waals surface area contributed by atoms with Gasteiger partial charge in [0.2, 0.25) is 0 Å². The molecule has 1 aromatic carbocycles. The molecule has 1 N–H and O–H groups in total. The Morgan fingerprint density at radius 1 is 1.30 bits per heavy atom. The van der Waals surface area contributed by atoms with Crippen molar-refractivity contribution in [3.05, 3.63) is 23.8 Å². The quantitative estimate of drug-likeness (QED) is 0.920. The van der Waals surface area contributed by atoms with Crippen molar-refractivity contribution in [2.24, 2.45) is 5.92 Å². The fourth-order valence-electron chi connectivity index (χ4n) is 2.93. The van der Waals surface area contributed by atoms with Crippen molar-refractivity contribution in [3.8, 4) is 11.5 Å². The van der Waals surface area contributed by atoms with Crippen LogP contribution in [0.15, 0.2) is 18.2 Å². The molecule has 2 heterocycles. The summed E-state index contributed by atoms with van der Waals surface area (Å²) < 4.78 is 11.3. The summed E-state index contributed by atoms with van der Waals surface area (Å²) in [6.07, 6.45) is 1.67. The molecule has 1 aromatic rings. The van der Waals surface area contributed by atoms with E-state index in [9.17, 15) is 5.11 Å². The van der Waals surface area contributed by atoms with Crippen molar-refractivity contribution in [1.82, 2.24) is 4.90 Å². The van der Waals surface area contributed by atoms with Gasteiger partial charge < -0.3 is 19.5 Å². The highest BCUT2D eigenvalue weighted by atomic mass is 16.5. The lowest BCUT2D eigenvalue weighted by molar-refractivity contribution is 0.124. The van der Waals surface area contributed by atoms with Gasteiger partial charge in [-0.3, -0.25) is 0 Å². The number of ether oxygens (including phenoxy) is 2. The summed E-state index contributed by atoms with van der Waals surface area (Å²) in [4.78, 5) is 2.33. The smallest absolute Gasteiger partial charge is 0.161 e. The van der Waals surface area contributed by atoms with E-state index < -0.39 is 6.10 Å². The third-order valence-corrected chi connectivity index (χ3v) is 4.10. The normalized spacial score (nSPS) is 24.4. The second-order valence-corrected chi connectivity index (χ2v) is 5.93. The standard InChI is InChI=1S/C16H23NO3/c1-12-5-6-17(10-12)11-14(18)13-3-4-15-16(9-13)20-8-2-7-19-15/h3-4,9,12,14,18H,2,5-8,10-11H2,1H3. The van der Waals surface area contributed by atoms with E-state index in [1.807, 2.05) is 18.2 Å². The molecule has 0 spiro atoms. The Bertz CT molecular complexity index is 463. The minimum atomic E-state index is -0.461. The first-order chi connectivity index (χ1) is 9.72. The third kappa shape index (κ3) is 3.07. The number of hydrogen-bond acceptors (Lipinski definition) is 4. The van der Waals surface area contributed by atoms with Gasteiger partial charge in [-0.05, 0) is 36.6 Å². The second kappa shape index (κ2) is 6.02. The van der Waals surface area contributed by atoms with E-state index in [0.717, 1.165) is 42.5 Å². The maximum Gasteiger partial charge on any atom is 0.161 e. The van der Waals surface area contributed by atoms with E-state index in [4.69, 9.17) is 9.47 Å². The molecule has 0 bridgehead atoms. The molecule has 20 heavy (non-hydrogen) atoms. The van der Waals surface area contributed by atoms with Crippen LogP contribution in [0.3, 0.4) is 0 Å². The van der Waals surface area contributed by atoms with Crippen LogP contribution in [0.2, 0.25) is 0 Å². The first-order valence-corrected chi connectivity index (χ1v) is 7.52. The van der Waals surface area contributed by atoms with Crippen molar-refractivity contribution in [2.45, 2.75) is 25.9 Å². The lowest BCUT2D eigenvalue weighted by Crippen LogP contribution is -2.26. The molecule has 2 unspecified atom stereocenters. The fraction of sp³-hybridized carbons (Fsp3) is 0.625. The number of fused-ring (bicyclic) bond motifs is 1. The highest BCUT2D eigenvalue weighted by Gasteiger charge is 2.22. The number of aliphatic hydroxyl groups is 1. The highest BCUT2D eigenvalue weighted by molar-refractivity contribution is 5.44. The van der Waals surface area contributed by atoms with Crippen LogP contribution in [-0.2, 0) is 0 Å². The first-order valence-electron chi connectivity index (χ1n) is 7.52. The van der Waals surface area contributed by atoms with E-state index in [-0.39, 0.29) is 0 Å². The average Bonchev–Trinajstić information content (AvgIpc) is 2.72. The number of benzene rings is 1. The van der Waals surface area contributed by atoms with Gasteiger partial charge in [-0.2, -0.15) is 0 Å². The van der Waals surface area contributed by atoms with Crippen molar-refractivity contribution in [2.75, 3.05) is 32.8 Å². The van der Waals surface area contributed by atoms with Gasteiger partial charge in [-0.1, -0.05) is 13.0 Å². The lowest BCUT2D eigenvalue weighted by Gasteiger charge is -2.20. The number of likely N-dealkylation sites (tertiary alicyclic amines) is 1. The van der Waals surface area contributed by atoms with Crippen LogP contribution in [0.5, 0.6) is 11.5 Å². The van der Waals surface area contributed by atoms with Gasteiger partial charge in [-0.25, -0.2) is 0 Å². The molecular formula is C16H23NO3. The summed E-state index contributed by atoms with van der Waals surface area (Å²) in [5.74, 6) is 2.29. The van der Waals surface area contributed by atoms with Gasteiger partial charge in [0.25, 0.3) is 0 Å². The molecule has 0 aliphatic carbocycles. The summed E-state index contributed by atoms with van der Waals surface area (Å²) >= 11 is 0. The Balaban J connectivity index is 1.68. The van der Waals surface area contributed by atoms with Crippen LogP contribution >= 0.6 is 0 Å². The van der Waals surface area contributed by atoms with Crippen LogP contribution in [0.25, 0.3) is 0 Å². The molecule has 2 aliphatic rings. The monoisotopic (exact) mass is 277 g/mol. The molecule has 110 valence electrons. The van der Waals surface area contributed by atoms with Crippen molar-refractivity contribution >= 4 is 0 Å². The molecule has 0 aromatic heterocycles. The molecule has 3 rings (SSSR count). The van der Waals surface area contributed by atoms with Crippen LogP contribution < -0.4 is 9.47 Å². The number of β-amino-alcohol motifs (C(OH)–C–C–N with tert-alkyl or cyclic N) is 1. The Hall–Kier alpha value is -1.26. The summed E-state index contributed by atoms with van der Waals surface area (Å²) in [5, 5.41) is 10.4. The fourth-order valence-corrected chi connectivity index (χ4v) is 2.93. The number of nitrogens with zero attached hydrogens (tertiary/aromatic N) is 1. The van der Waals surface area contributed by atoms with E-state index in [1.54, 1.807) is 0 Å². The minimum absolute atomic E-state index is 0.461.